The molecule has 0 spiro atoms. The van der Waals surface area contributed by atoms with Crippen LogP contribution in [-0.4, -0.2) is 5.96 Å². The van der Waals surface area contributed by atoms with Crippen molar-refractivity contribution in [3.05, 3.63) is 11.4 Å². The van der Waals surface area contributed by atoms with Gasteiger partial charge in [-0.05, 0) is 11.6 Å². The van der Waals surface area contributed by atoms with E-state index < -0.39 is 5.96 Å². The molecule has 0 radical (unpaired) electrons. The lowest BCUT2D eigenvalue weighted by Gasteiger charge is -1.49. The zero-order valence-electron chi connectivity index (χ0n) is 3.83. The average Bonchev–Trinajstić information content (AvgIpc) is 1.35. The third kappa shape index (κ3) is 1.78. The second-order valence-electron chi connectivity index (χ2n) is 0.196. The molecule has 0 amide bonds. The Morgan fingerprint density at radius 2 is 2.75 bits per heavy atom. The summed E-state index contributed by atoms with van der Waals surface area (Å²) < 4.78 is 12.5. The lowest BCUT2D eigenvalue weighted by molar-refractivity contribution is 1.77. The summed E-state index contributed by atoms with van der Waals surface area (Å²) in [6.07, 6.45) is 0. The Hall–Kier alpha value is -0.220. The van der Waals surface area contributed by atoms with Crippen LogP contribution in [0.2, 0.25) is 0 Å². The van der Waals surface area contributed by atoms with Gasteiger partial charge in [-0.1, -0.05) is 0 Å². The highest BCUT2D eigenvalue weighted by atomic mass is 35.5. The first kappa shape index (κ1) is 1.28. The van der Waals surface area contributed by atoms with Gasteiger partial charge in [0.1, 0.15) is 2.74 Å². The van der Waals surface area contributed by atoms with Crippen molar-refractivity contribution in [3.63, 3.8) is 0 Å². The third-order valence-corrected chi connectivity index (χ3v) is 0.127. The van der Waals surface area contributed by atoms with Crippen LogP contribution in [0.5, 0.6) is 0 Å². The molecular formula is C2H2ClN. The minimum Gasteiger partial charge on any atom is -0.299 e. The van der Waals surface area contributed by atoms with Gasteiger partial charge in [-0.25, -0.2) is 6.57 Å². The van der Waals surface area contributed by atoms with Crippen molar-refractivity contribution in [3.8, 4) is 0 Å². The Balaban J connectivity index is 3.55. The number of hydrogen-bond acceptors (Lipinski definition) is 0. The maximum atomic E-state index is 6.26. The second kappa shape index (κ2) is 2.78. The van der Waals surface area contributed by atoms with Crippen molar-refractivity contribution in [1.82, 2.24) is 0 Å². The summed E-state index contributed by atoms with van der Waals surface area (Å²) in [7, 11) is 0. The van der Waals surface area contributed by atoms with E-state index in [-0.39, 0.29) is 0 Å². The quantitative estimate of drug-likeness (QED) is 0.232. The van der Waals surface area contributed by atoms with E-state index in [0.29, 0.717) is 0 Å². The van der Waals surface area contributed by atoms with Crippen LogP contribution in [0.4, 0.5) is 0 Å². The van der Waals surface area contributed by atoms with E-state index in [1.807, 2.05) is 0 Å². The van der Waals surface area contributed by atoms with Gasteiger partial charge in [-0.2, -0.15) is 0 Å². The molecule has 0 fully saturated rings. The summed E-state index contributed by atoms with van der Waals surface area (Å²) >= 11 is 4.70. The Morgan fingerprint density at radius 1 is 2.50 bits per heavy atom. The van der Waals surface area contributed by atoms with Crippen LogP contribution in [-0.2, 0) is 0 Å². The topological polar surface area (TPSA) is 4.36 Å². The van der Waals surface area contributed by atoms with E-state index in [9.17, 15) is 0 Å². The third-order valence-electron chi connectivity index (χ3n) is 0.0423. The summed E-state index contributed by atoms with van der Waals surface area (Å²) in [6, 6.07) is 0. The highest BCUT2D eigenvalue weighted by molar-refractivity contribution is 6.18. The Morgan fingerprint density at radius 3 is 2.75 bits per heavy atom. The largest absolute Gasteiger partial charge is 0.299 e. The van der Waals surface area contributed by atoms with Crippen LogP contribution >= 0.6 is 11.6 Å². The second-order valence-corrected chi connectivity index (χ2v) is 0.365. The van der Waals surface area contributed by atoms with E-state index in [4.69, 9.17) is 20.9 Å². The standard InChI is InChI=1S/C2H2ClN/c1-4-2-3/h2H2/i2D2. The zero-order chi connectivity index (χ0) is 5.21. The molecule has 0 aromatic heterocycles. The lowest BCUT2D eigenvalue weighted by Crippen LogP contribution is -1.38. The number of alkyl halides is 1. The van der Waals surface area contributed by atoms with Gasteiger partial charge in [0.15, 0.2) is 0 Å². The van der Waals surface area contributed by atoms with Crippen LogP contribution in [0.25, 0.3) is 4.85 Å². The molecule has 0 saturated heterocycles. The van der Waals surface area contributed by atoms with Crippen LogP contribution in [0.3, 0.4) is 0 Å². The predicted molar refractivity (Wildman–Crippen MR) is 17.3 cm³/mol. The van der Waals surface area contributed by atoms with Gasteiger partial charge in [0.25, 0.3) is 5.96 Å². The summed E-state index contributed by atoms with van der Waals surface area (Å²) in [5.74, 6) is -2.19. The number of rotatable bonds is 0. The summed E-state index contributed by atoms with van der Waals surface area (Å²) in [5.41, 5.74) is 0. The normalized spacial score (nSPS) is 16.0. The van der Waals surface area contributed by atoms with E-state index in [0.717, 1.165) is 0 Å². The van der Waals surface area contributed by atoms with Gasteiger partial charge >= 0.3 is 0 Å². The molecule has 2 heteroatoms. The predicted octanol–water partition coefficient (Wildman–Crippen LogP) is 1.10. The average molecular weight is 77.5 g/mol. The van der Waals surface area contributed by atoms with E-state index in [1.54, 1.807) is 0 Å². The smallest absolute Gasteiger partial charge is 0.288 e. The van der Waals surface area contributed by atoms with Crippen LogP contribution in [0.15, 0.2) is 0 Å². The van der Waals surface area contributed by atoms with Crippen molar-refractivity contribution in [2.24, 2.45) is 0 Å². The molecule has 0 aliphatic heterocycles. The van der Waals surface area contributed by atoms with Crippen molar-refractivity contribution >= 4 is 11.6 Å². The fourth-order valence-electron chi connectivity index (χ4n) is 0. The minimum absolute atomic E-state index is 2.19. The minimum atomic E-state index is -2.19. The first-order valence-corrected chi connectivity index (χ1v) is 1.01. The Labute approximate surface area is 32.8 Å². The van der Waals surface area contributed by atoms with E-state index in [1.165, 1.54) is 0 Å². The molecule has 0 atom stereocenters. The molecule has 4 heavy (non-hydrogen) atoms. The van der Waals surface area contributed by atoms with E-state index in [2.05, 4.69) is 4.85 Å². The SMILES string of the molecule is [2H]C([2H])(Cl)[N+]#[C-]. The van der Waals surface area contributed by atoms with Crippen LogP contribution < -0.4 is 0 Å². The molecule has 0 bridgehead atoms. The number of hydrogen-bond donors (Lipinski definition) is 0. The maximum absolute atomic E-state index is 6.26. The summed E-state index contributed by atoms with van der Waals surface area (Å²) in [6.45, 7) is 5.97. The Bertz CT molecular complexity index is 78.5. The molecule has 0 unspecified atom stereocenters. The molecular weight excluding hydrogens is 73.5 g/mol. The lowest BCUT2D eigenvalue weighted by atomic mass is 11.5. The molecule has 0 aliphatic carbocycles. The van der Waals surface area contributed by atoms with Gasteiger partial charge < -0.3 is 0 Å². The van der Waals surface area contributed by atoms with Crippen molar-refractivity contribution in [1.29, 1.82) is 0 Å². The van der Waals surface area contributed by atoms with Crippen molar-refractivity contribution < 1.29 is 2.74 Å². The molecule has 1 nitrogen and oxygen atoms in total. The van der Waals surface area contributed by atoms with E-state index >= 15 is 0 Å². The van der Waals surface area contributed by atoms with Crippen molar-refractivity contribution in [2.75, 3.05) is 5.96 Å². The van der Waals surface area contributed by atoms with Gasteiger partial charge in [-0.3, -0.25) is 4.85 Å². The first-order chi connectivity index (χ1) is 2.56. The first-order valence-electron chi connectivity index (χ1n) is 1.64. The van der Waals surface area contributed by atoms with Gasteiger partial charge in [-0.15, -0.1) is 0 Å². The van der Waals surface area contributed by atoms with Crippen molar-refractivity contribution in [2.45, 2.75) is 0 Å². The molecule has 0 heterocycles. The van der Waals surface area contributed by atoms with Gasteiger partial charge in [0, 0.05) is 0 Å². The molecule has 0 N–H and O–H groups in total. The molecule has 0 aliphatic rings. The van der Waals surface area contributed by atoms with Gasteiger partial charge in [0.2, 0.25) is 0 Å². The maximum Gasteiger partial charge on any atom is 0.288 e. The highest BCUT2D eigenvalue weighted by Crippen LogP contribution is 1.67. The number of nitrogens with zero attached hydrogens (tertiary/aromatic N) is 1. The molecule has 0 rings (SSSR count). The van der Waals surface area contributed by atoms with Crippen LogP contribution in [0, 0.1) is 6.57 Å². The monoisotopic (exact) mass is 77.0 g/mol. The fourth-order valence-corrected chi connectivity index (χ4v) is 0. The summed E-state index contributed by atoms with van der Waals surface area (Å²) in [4.78, 5) is 2.37. The van der Waals surface area contributed by atoms with Crippen LogP contribution in [0.1, 0.15) is 2.74 Å². The molecule has 0 aromatic rings. The van der Waals surface area contributed by atoms with Gasteiger partial charge in [0.05, 0.1) is 0 Å². The zero-order valence-corrected chi connectivity index (χ0v) is 2.58. The Kier molecular flexibility index (Phi) is 0.889. The molecule has 22 valence electrons. The molecule has 0 aromatic carbocycles. The number of halogens is 1. The fraction of sp³-hybridized carbons (Fsp3) is 0.500. The molecule has 0 saturated carbocycles. The summed E-state index contributed by atoms with van der Waals surface area (Å²) in [5, 5.41) is 0. The highest BCUT2D eigenvalue weighted by Gasteiger charge is 1.53.